The lowest BCUT2D eigenvalue weighted by atomic mass is 9.94. The summed E-state index contributed by atoms with van der Waals surface area (Å²) in [6.45, 7) is 9.00. The third kappa shape index (κ3) is 9.92. The second kappa shape index (κ2) is 12.5. The van der Waals surface area contributed by atoms with Gasteiger partial charge >= 0.3 is 0 Å². The fourth-order valence-electron chi connectivity index (χ4n) is 2.59. The molecule has 142 valence electrons. The Kier molecular flexibility index (Phi) is 10.6. The highest BCUT2D eigenvalue weighted by Crippen LogP contribution is 2.15. The van der Waals surface area contributed by atoms with E-state index in [-0.39, 0.29) is 12.4 Å². The number of hydrogen-bond acceptors (Lipinski definition) is 3. The van der Waals surface area contributed by atoms with Gasteiger partial charge < -0.3 is 20.5 Å². The highest BCUT2D eigenvalue weighted by Gasteiger charge is 2.10. The first-order valence-electron chi connectivity index (χ1n) is 9.06. The van der Waals surface area contributed by atoms with Crippen LogP contribution in [0.1, 0.15) is 33.6 Å². The standard InChI is InChI=1S/C19H32FN3O2/c1-4-21-19(23-14-16(8-10-24)12-15(2)3)22-9-11-25-18-7-5-6-17(20)13-18/h5-7,13,15-16,24H,4,8-12,14H2,1-3H3,(H2,21,22,23). The largest absolute Gasteiger partial charge is 0.492 e. The SMILES string of the molecule is CCNC(=NCC(CCO)CC(C)C)NCCOc1cccc(F)c1. The van der Waals surface area contributed by atoms with Crippen LogP contribution in [0.25, 0.3) is 0 Å². The van der Waals surface area contributed by atoms with Gasteiger partial charge in [-0.15, -0.1) is 0 Å². The number of guanidine groups is 1. The van der Waals surface area contributed by atoms with E-state index in [1.165, 1.54) is 12.1 Å². The summed E-state index contributed by atoms with van der Waals surface area (Å²) in [5.41, 5.74) is 0. The van der Waals surface area contributed by atoms with Crippen molar-refractivity contribution in [2.24, 2.45) is 16.8 Å². The van der Waals surface area contributed by atoms with Crippen molar-refractivity contribution in [1.82, 2.24) is 10.6 Å². The molecule has 5 nitrogen and oxygen atoms in total. The molecule has 1 rings (SSSR count). The molecule has 0 heterocycles. The first-order valence-corrected chi connectivity index (χ1v) is 9.06. The van der Waals surface area contributed by atoms with Crippen molar-refractivity contribution in [3.63, 3.8) is 0 Å². The van der Waals surface area contributed by atoms with E-state index in [9.17, 15) is 9.50 Å². The molecule has 0 aliphatic rings. The Balaban J connectivity index is 2.43. The van der Waals surface area contributed by atoms with Crippen LogP contribution in [0.3, 0.4) is 0 Å². The molecule has 0 aliphatic heterocycles. The first kappa shape index (κ1) is 21.2. The number of nitrogens with zero attached hydrogens (tertiary/aromatic N) is 1. The van der Waals surface area contributed by atoms with Gasteiger partial charge in [-0.3, -0.25) is 4.99 Å². The Morgan fingerprint density at radius 1 is 1.32 bits per heavy atom. The Morgan fingerprint density at radius 3 is 2.76 bits per heavy atom. The molecule has 1 aromatic rings. The average molecular weight is 353 g/mol. The maximum absolute atomic E-state index is 13.1. The van der Waals surface area contributed by atoms with Crippen molar-refractivity contribution in [2.45, 2.75) is 33.6 Å². The maximum atomic E-state index is 13.1. The summed E-state index contributed by atoms with van der Waals surface area (Å²) in [5, 5.41) is 15.6. The predicted molar refractivity (Wildman–Crippen MR) is 101 cm³/mol. The zero-order chi connectivity index (χ0) is 18.5. The van der Waals surface area contributed by atoms with Crippen molar-refractivity contribution >= 4 is 5.96 Å². The minimum absolute atomic E-state index is 0.193. The van der Waals surface area contributed by atoms with Crippen LogP contribution in [-0.2, 0) is 0 Å². The minimum atomic E-state index is -0.305. The molecule has 6 heteroatoms. The highest BCUT2D eigenvalue weighted by atomic mass is 19.1. The molecule has 0 saturated heterocycles. The summed E-state index contributed by atoms with van der Waals surface area (Å²) < 4.78 is 18.6. The number of aliphatic hydroxyl groups excluding tert-OH is 1. The van der Waals surface area contributed by atoms with Crippen LogP contribution in [0.15, 0.2) is 29.3 Å². The molecular weight excluding hydrogens is 321 g/mol. The normalized spacial score (nSPS) is 13.0. The van der Waals surface area contributed by atoms with Gasteiger partial charge in [-0.1, -0.05) is 19.9 Å². The number of benzene rings is 1. The van der Waals surface area contributed by atoms with Gasteiger partial charge in [0.25, 0.3) is 0 Å². The third-order valence-electron chi connectivity index (χ3n) is 3.65. The van der Waals surface area contributed by atoms with E-state index in [1.807, 2.05) is 6.92 Å². The molecule has 3 N–H and O–H groups in total. The summed E-state index contributed by atoms with van der Waals surface area (Å²) in [6.07, 6.45) is 1.82. The van der Waals surface area contributed by atoms with Gasteiger partial charge in [-0.2, -0.15) is 0 Å². The Morgan fingerprint density at radius 2 is 2.12 bits per heavy atom. The number of hydrogen-bond donors (Lipinski definition) is 3. The molecule has 25 heavy (non-hydrogen) atoms. The fraction of sp³-hybridized carbons (Fsp3) is 0.632. The number of halogens is 1. The van der Waals surface area contributed by atoms with Crippen LogP contribution in [0.5, 0.6) is 5.75 Å². The lowest BCUT2D eigenvalue weighted by Gasteiger charge is -2.17. The van der Waals surface area contributed by atoms with E-state index in [1.54, 1.807) is 12.1 Å². The van der Waals surface area contributed by atoms with Gasteiger partial charge in [0.05, 0.1) is 6.54 Å². The van der Waals surface area contributed by atoms with Crippen LogP contribution < -0.4 is 15.4 Å². The van der Waals surface area contributed by atoms with Crippen molar-refractivity contribution in [2.75, 3.05) is 32.8 Å². The topological polar surface area (TPSA) is 65.9 Å². The molecule has 0 spiro atoms. The second-order valence-electron chi connectivity index (χ2n) is 6.46. The van der Waals surface area contributed by atoms with Crippen LogP contribution in [0, 0.1) is 17.7 Å². The number of nitrogens with one attached hydrogen (secondary N) is 2. The van der Waals surface area contributed by atoms with Crippen LogP contribution in [-0.4, -0.2) is 43.9 Å². The lowest BCUT2D eigenvalue weighted by Crippen LogP contribution is -2.39. The average Bonchev–Trinajstić information content (AvgIpc) is 2.56. The smallest absolute Gasteiger partial charge is 0.191 e. The summed E-state index contributed by atoms with van der Waals surface area (Å²) in [4.78, 5) is 4.61. The molecule has 1 unspecified atom stereocenters. The number of ether oxygens (including phenoxy) is 1. The summed E-state index contributed by atoms with van der Waals surface area (Å²) in [6, 6.07) is 6.11. The number of aliphatic hydroxyl groups is 1. The maximum Gasteiger partial charge on any atom is 0.191 e. The Hall–Kier alpha value is -1.82. The minimum Gasteiger partial charge on any atom is -0.492 e. The van der Waals surface area contributed by atoms with Crippen molar-refractivity contribution in [3.8, 4) is 5.75 Å². The highest BCUT2D eigenvalue weighted by molar-refractivity contribution is 5.79. The monoisotopic (exact) mass is 353 g/mol. The van der Waals surface area contributed by atoms with Gasteiger partial charge in [0, 0.05) is 25.8 Å². The molecule has 1 atom stereocenters. The van der Waals surface area contributed by atoms with E-state index in [0.29, 0.717) is 37.3 Å². The number of rotatable bonds is 11. The molecule has 0 aromatic heterocycles. The molecule has 0 radical (unpaired) electrons. The number of aliphatic imine (C=N–C) groups is 1. The molecule has 0 amide bonds. The Labute approximate surface area is 150 Å². The second-order valence-corrected chi connectivity index (χ2v) is 6.46. The Bertz CT molecular complexity index is 509. The summed E-state index contributed by atoms with van der Waals surface area (Å²) >= 11 is 0. The molecular formula is C19H32FN3O2. The van der Waals surface area contributed by atoms with Crippen LogP contribution in [0.2, 0.25) is 0 Å². The molecule has 0 fully saturated rings. The van der Waals surface area contributed by atoms with E-state index in [4.69, 9.17) is 4.74 Å². The predicted octanol–water partition coefficient (Wildman–Crippen LogP) is 2.80. The summed E-state index contributed by atoms with van der Waals surface area (Å²) in [7, 11) is 0. The lowest BCUT2D eigenvalue weighted by molar-refractivity contribution is 0.245. The van der Waals surface area contributed by atoms with E-state index in [0.717, 1.165) is 25.3 Å². The van der Waals surface area contributed by atoms with Gasteiger partial charge in [-0.05, 0) is 43.7 Å². The van der Waals surface area contributed by atoms with Crippen LogP contribution in [0.4, 0.5) is 4.39 Å². The molecule has 0 aliphatic carbocycles. The van der Waals surface area contributed by atoms with Crippen LogP contribution >= 0.6 is 0 Å². The first-order chi connectivity index (χ1) is 12.0. The zero-order valence-electron chi connectivity index (χ0n) is 15.6. The van der Waals surface area contributed by atoms with E-state index >= 15 is 0 Å². The van der Waals surface area contributed by atoms with Crippen molar-refractivity contribution < 1.29 is 14.2 Å². The van der Waals surface area contributed by atoms with Gasteiger partial charge in [0.1, 0.15) is 18.2 Å². The van der Waals surface area contributed by atoms with Gasteiger partial charge in [0.2, 0.25) is 0 Å². The van der Waals surface area contributed by atoms with Gasteiger partial charge in [-0.25, -0.2) is 4.39 Å². The quantitative estimate of drug-likeness (QED) is 0.325. The van der Waals surface area contributed by atoms with Gasteiger partial charge in [0.15, 0.2) is 5.96 Å². The molecule has 1 aromatic carbocycles. The third-order valence-corrected chi connectivity index (χ3v) is 3.65. The van der Waals surface area contributed by atoms with E-state index < -0.39 is 0 Å². The van der Waals surface area contributed by atoms with Crippen molar-refractivity contribution in [3.05, 3.63) is 30.1 Å². The summed E-state index contributed by atoms with van der Waals surface area (Å²) in [5.74, 6) is 1.91. The fourth-order valence-corrected chi connectivity index (χ4v) is 2.59. The molecule has 0 bridgehead atoms. The molecule has 0 saturated carbocycles. The van der Waals surface area contributed by atoms with Crippen molar-refractivity contribution in [1.29, 1.82) is 0 Å². The van der Waals surface area contributed by atoms with E-state index in [2.05, 4.69) is 29.5 Å². The zero-order valence-corrected chi connectivity index (χ0v) is 15.6.